The number of nitrogens with two attached hydrogens (primary N) is 1. The maximum absolute atomic E-state index is 12.6. The van der Waals surface area contributed by atoms with Crippen molar-refractivity contribution >= 4 is 27.3 Å². The van der Waals surface area contributed by atoms with Crippen molar-refractivity contribution in [2.45, 2.75) is 42.7 Å². The fourth-order valence-electron chi connectivity index (χ4n) is 3.45. The molecule has 0 saturated carbocycles. The molecule has 3 N–H and O–H groups in total. The van der Waals surface area contributed by atoms with Crippen LogP contribution in [0.15, 0.2) is 23.1 Å². The third-order valence-corrected chi connectivity index (χ3v) is 6.46. The van der Waals surface area contributed by atoms with Crippen molar-refractivity contribution in [2.24, 2.45) is 0 Å². The lowest BCUT2D eigenvalue weighted by Gasteiger charge is -2.32. The summed E-state index contributed by atoms with van der Waals surface area (Å²) in [5.74, 6) is 0. The Morgan fingerprint density at radius 1 is 1.24 bits per heavy atom. The van der Waals surface area contributed by atoms with Crippen LogP contribution in [0.5, 0.6) is 0 Å². The number of anilines is 1. The second kappa shape index (κ2) is 5.76. The van der Waals surface area contributed by atoms with Crippen molar-refractivity contribution < 1.29 is 8.42 Å². The highest BCUT2D eigenvalue weighted by Gasteiger charge is 2.38. The predicted octanol–water partition coefficient (Wildman–Crippen LogP) is 1.83. The van der Waals surface area contributed by atoms with Crippen LogP contribution in [0.3, 0.4) is 0 Å². The first-order valence-corrected chi connectivity index (χ1v) is 9.15. The molecule has 21 heavy (non-hydrogen) atoms. The summed E-state index contributed by atoms with van der Waals surface area (Å²) in [5, 5.41) is 0.168. The fourth-order valence-corrected chi connectivity index (χ4v) is 5.43. The largest absolute Gasteiger partial charge is 0.398 e. The normalized spacial score (nSPS) is 26.7. The molecule has 2 fully saturated rings. The van der Waals surface area contributed by atoms with Crippen molar-refractivity contribution in [3.63, 3.8) is 0 Å². The zero-order valence-corrected chi connectivity index (χ0v) is 13.3. The molecule has 1 aromatic carbocycles. The van der Waals surface area contributed by atoms with Crippen LogP contribution in [0, 0.1) is 0 Å². The smallest absolute Gasteiger partial charge is 0.244 e. The number of piperidine rings is 1. The first kappa shape index (κ1) is 15.1. The third kappa shape index (κ3) is 2.90. The summed E-state index contributed by atoms with van der Waals surface area (Å²) < 4.78 is 28.0. The molecule has 2 aliphatic rings. The lowest BCUT2D eigenvalue weighted by molar-refractivity contribution is 0.186. The highest BCUT2D eigenvalue weighted by molar-refractivity contribution is 7.89. The molecule has 1 aromatic rings. The average Bonchev–Trinajstić information content (AvgIpc) is 2.81. The van der Waals surface area contributed by atoms with Gasteiger partial charge in [0.2, 0.25) is 10.0 Å². The van der Waals surface area contributed by atoms with E-state index in [1.165, 1.54) is 6.42 Å². The van der Waals surface area contributed by atoms with E-state index in [4.69, 9.17) is 17.3 Å². The molecule has 116 valence electrons. The van der Waals surface area contributed by atoms with E-state index in [9.17, 15) is 8.42 Å². The van der Waals surface area contributed by atoms with E-state index in [0.717, 1.165) is 32.4 Å². The molecule has 5 nitrogen and oxygen atoms in total. The molecule has 0 aromatic heterocycles. The lowest BCUT2D eigenvalue weighted by atomic mass is 10.00. The number of sulfonamides is 1. The van der Waals surface area contributed by atoms with Crippen LogP contribution in [0.25, 0.3) is 0 Å². The number of nitrogens with one attached hydrogen (secondary N) is 1. The lowest BCUT2D eigenvalue weighted by Crippen LogP contribution is -2.46. The van der Waals surface area contributed by atoms with E-state index in [1.807, 2.05) is 0 Å². The van der Waals surface area contributed by atoms with Gasteiger partial charge in [-0.3, -0.25) is 4.90 Å². The average molecular weight is 330 g/mol. The molecular formula is C14H20ClN3O2S. The molecule has 0 radical (unpaired) electrons. The highest BCUT2D eigenvalue weighted by Crippen LogP contribution is 2.31. The number of nitrogen functional groups attached to an aromatic ring is 1. The van der Waals surface area contributed by atoms with Crippen LogP contribution in [-0.4, -0.2) is 38.5 Å². The fraction of sp³-hybridized carbons (Fsp3) is 0.571. The number of hydrogen-bond donors (Lipinski definition) is 2. The standard InChI is InChI=1S/C14H20ClN3O2S/c15-10-4-3-5-11(16)14(10)21(19,20)17-12-7-9-18-8-2-1-6-13(12)18/h3-5,12-13,17H,1-2,6-9,16H2. The molecule has 2 atom stereocenters. The van der Waals surface area contributed by atoms with Crippen molar-refractivity contribution in [3.05, 3.63) is 23.2 Å². The molecule has 0 aliphatic carbocycles. The van der Waals surface area contributed by atoms with Crippen LogP contribution >= 0.6 is 11.6 Å². The van der Waals surface area contributed by atoms with Gasteiger partial charge in [0.15, 0.2) is 0 Å². The van der Waals surface area contributed by atoms with Gasteiger partial charge in [-0.05, 0) is 37.9 Å². The minimum Gasteiger partial charge on any atom is -0.398 e. The molecule has 0 bridgehead atoms. The number of rotatable bonds is 3. The van der Waals surface area contributed by atoms with Crippen LogP contribution in [0.2, 0.25) is 5.02 Å². The monoisotopic (exact) mass is 329 g/mol. The van der Waals surface area contributed by atoms with Gasteiger partial charge < -0.3 is 5.73 Å². The van der Waals surface area contributed by atoms with Gasteiger partial charge in [-0.1, -0.05) is 24.1 Å². The summed E-state index contributed by atoms with van der Waals surface area (Å²) in [7, 11) is -3.69. The Kier molecular flexibility index (Phi) is 4.14. The van der Waals surface area contributed by atoms with E-state index in [0.29, 0.717) is 6.04 Å². The van der Waals surface area contributed by atoms with Gasteiger partial charge in [0.05, 0.1) is 10.7 Å². The second-order valence-electron chi connectivity index (χ2n) is 5.77. The number of fused-ring (bicyclic) bond motifs is 1. The van der Waals surface area contributed by atoms with E-state index in [2.05, 4.69) is 9.62 Å². The summed E-state index contributed by atoms with van der Waals surface area (Å²) in [4.78, 5) is 2.38. The number of halogens is 1. The van der Waals surface area contributed by atoms with E-state index in [-0.39, 0.29) is 21.6 Å². The maximum Gasteiger partial charge on any atom is 0.244 e. The summed E-state index contributed by atoms with van der Waals surface area (Å²) in [5.41, 5.74) is 5.99. The van der Waals surface area contributed by atoms with Crippen LogP contribution < -0.4 is 10.5 Å². The molecule has 0 amide bonds. The summed E-state index contributed by atoms with van der Waals surface area (Å²) in [6.07, 6.45) is 4.25. The van der Waals surface area contributed by atoms with Crippen molar-refractivity contribution in [1.29, 1.82) is 0 Å². The molecule has 3 rings (SSSR count). The van der Waals surface area contributed by atoms with E-state index >= 15 is 0 Å². The molecule has 2 saturated heterocycles. The first-order valence-electron chi connectivity index (χ1n) is 7.29. The first-order chi connectivity index (χ1) is 9.99. The van der Waals surface area contributed by atoms with Gasteiger partial charge in [0, 0.05) is 18.6 Å². The zero-order valence-electron chi connectivity index (χ0n) is 11.8. The number of hydrogen-bond acceptors (Lipinski definition) is 4. The van der Waals surface area contributed by atoms with Gasteiger partial charge >= 0.3 is 0 Å². The van der Waals surface area contributed by atoms with Crippen LogP contribution in [0.1, 0.15) is 25.7 Å². The number of benzene rings is 1. The summed E-state index contributed by atoms with van der Waals surface area (Å²) >= 11 is 6.03. The quantitative estimate of drug-likeness (QED) is 0.830. The molecule has 2 heterocycles. The highest BCUT2D eigenvalue weighted by atomic mass is 35.5. The Bertz CT molecular complexity index is 615. The van der Waals surface area contributed by atoms with Gasteiger partial charge in [0.25, 0.3) is 0 Å². The van der Waals surface area contributed by atoms with Gasteiger partial charge in [0.1, 0.15) is 4.90 Å². The Balaban J connectivity index is 1.84. The Labute approximate surface area is 130 Å². The van der Waals surface area contributed by atoms with Crippen LogP contribution in [0.4, 0.5) is 5.69 Å². The SMILES string of the molecule is Nc1cccc(Cl)c1S(=O)(=O)NC1CCN2CCCCC12. The van der Waals surface area contributed by atoms with E-state index < -0.39 is 10.0 Å². The molecule has 0 spiro atoms. The summed E-state index contributed by atoms with van der Waals surface area (Å²) in [6.45, 7) is 2.02. The second-order valence-corrected chi connectivity index (χ2v) is 7.83. The minimum absolute atomic E-state index is 0.000858. The Morgan fingerprint density at radius 3 is 2.81 bits per heavy atom. The van der Waals surface area contributed by atoms with Crippen LogP contribution in [-0.2, 0) is 10.0 Å². The molecule has 7 heteroatoms. The molecule has 2 aliphatic heterocycles. The predicted molar refractivity (Wildman–Crippen MR) is 83.8 cm³/mol. The maximum atomic E-state index is 12.6. The van der Waals surface area contributed by atoms with Crippen molar-refractivity contribution in [2.75, 3.05) is 18.8 Å². The zero-order chi connectivity index (χ0) is 15.0. The summed E-state index contributed by atoms with van der Waals surface area (Å²) in [6, 6.07) is 5.01. The van der Waals surface area contributed by atoms with Gasteiger partial charge in [-0.25, -0.2) is 13.1 Å². The molecule has 2 unspecified atom stereocenters. The Hall–Kier alpha value is -0.820. The van der Waals surface area contributed by atoms with E-state index in [1.54, 1.807) is 18.2 Å². The number of nitrogens with zero attached hydrogens (tertiary/aromatic N) is 1. The minimum atomic E-state index is -3.69. The van der Waals surface area contributed by atoms with Crippen molar-refractivity contribution in [3.8, 4) is 0 Å². The Morgan fingerprint density at radius 2 is 2.05 bits per heavy atom. The van der Waals surface area contributed by atoms with Crippen molar-refractivity contribution in [1.82, 2.24) is 9.62 Å². The van der Waals surface area contributed by atoms with Gasteiger partial charge in [-0.15, -0.1) is 0 Å². The molecular weight excluding hydrogens is 310 g/mol. The third-order valence-electron chi connectivity index (χ3n) is 4.43. The topological polar surface area (TPSA) is 75.4 Å². The van der Waals surface area contributed by atoms with Gasteiger partial charge in [-0.2, -0.15) is 0 Å².